The zero-order valence-corrected chi connectivity index (χ0v) is 17.8. The van der Waals surface area contributed by atoms with Crippen LogP contribution >= 0.6 is 0 Å². The van der Waals surface area contributed by atoms with E-state index in [9.17, 15) is 4.79 Å². The van der Waals surface area contributed by atoms with E-state index in [4.69, 9.17) is 13.9 Å². The number of fused-ring (bicyclic) bond motifs is 1. The summed E-state index contributed by atoms with van der Waals surface area (Å²) >= 11 is 0. The topological polar surface area (TPSA) is 60.7 Å². The number of ether oxygens (including phenoxy) is 2. The molecule has 5 nitrogen and oxygen atoms in total. The highest BCUT2D eigenvalue weighted by Gasteiger charge is 2.25. The Labute approximate surface area is 173 Å². The molecule has 1 N–H and O–H groups in total. The maximum atomic E-state index is 12.7. The van der Waals surface area contributed by atoms with E-state index in [1.54, 1.807) is 13.0 Å². The van der Waals surface area contributed by atoms with Crippen molar-refractivity contribution >= 4 is 28.2 Å². The number of unbranched alkanes of at least 4 members (excludes halogenated alkanes) is 1. The van der Waals surface area contributed by atoms with E-state index in [0.717, 1.165) is 30.6 Å². The van der Waals surface area contributed by atoms with Crippen molar-refractivity contribution in [3.63, 3.8) is 0 Å². The van der Waals surface area contributed by atoms with Crippen LogP contribution in [-0.4, -0.2) is 25.2 Å². The van der Waals surface area contributed by atoms with Crippen molar-refractivity contribution in [1.82, 2.24) is 0 Å². The predicted molar refractivity (Wildman–Crippen MR) is 120 cm³/mol. The molecule has 2 rings (SSSR count). The van der Waals surface area contributed by atoms with E-state index < -0.39 is 5.97 Å². The Morgan fingerprint density at radius 3 is 2.66 bits per heavy atom. The van der Waals surface area contributed by atoms with Crippen molar-refractivity contribution in [1.29, 1.82) is 0 Å². The average Bonchev–Trinajstić information content (AvgIpc) is 3.04. The fourth-order valence-corrected chi connectivity index (χ4v) is 3.03. The summed E-state index contributed by atoms with van der Waals surface area (Å²) < 4.78 is 17.4. The maximum Gasteiger partial charge on any atom is 0.342 e. The number of esters is 1. The minimum absolute atomic E-state index is 0.0159. The van der Waals surface area contributed by atoms with Crippen LogP contribution in [0, 0.1) is 0 Å². The Morgan fingerprint density at radius 1 is 1.31 bits per heavy atom. The van der Waals surface area contributed by atoms with E-state index in [-0.39, 0.29) is 12.7 Å². The van der Waals surface area contributed by atoms with Crippen molar-refractivity contribution in [2.75, 3.05) is 18.5 Å². The fraction of sp³-hybridized carbons (Fsp3) is 0.375. The van der Waals surface area contributed by atoms with Gasteiger partial charge in [0.2, 0.25) is 0 Å². The maximum absolute atomic E-state index is 12.7. The van der Waals surface area contributed by atoms with Gasteiger partial charge < -0.3 is 19.2 Å². The molecular weight excluding hydrogens is 366 g/mol. The molecule has 0 fully saturated rings. The molecule has 0 aliphatic carbocycles. The predicted octanol–water partition coefficient (Wildman–Crippen LogP) is 6.36. The lowest BCUT2D eigenvalue weighted by Gasteiger charge is -2.16. The molecule has 2 aromatic rings. The molecule has 1 aromatic heterocycles. The lowest BCUT2D eigenvalue weighted by atomic mass is 10.0. The summed E-state index contributed by atoms with van der Waals surface area (Å²) in [6.07, 6.45) is 7.29. The second-order valence-electron chi connectivity index (χ2n) is 6.84. The van der Waals surface area contributed by atoms with Crippen LogP contribution in [0.5, 0.6) is 5.75 Å². The Morgan fingerprint density at radius 2 is 2.07 bits per heavy atom. The molecule has 0 saturated heterocycles. The molecule has 0 bridgehead atoms. The van der Waals surface area contributed by atoms with E-state index in [2.05, 4.69) is 18.5 Å². The van der Waals surface area contributed by atoms with Gasteiger partial charge in [0.25, 0.3) is 0 Å². The molecule has 0 aliphatic rings. The molecule has 0 saturated carbocycles. The van der Waals surface area contributed by atoms with Crippen molar-refractivity contribution in [3.05, 3.63) is 54.8 Å². The quantitative estimate of drug-likeness (QED) is 0.207. The van der Waals surface area contributed by atoms with Gasteiger partial charge in [0, 0.05) is 23.6 Å². The van der Waals surface area contributed by atoms with Gasteiger partial charge in [-0.3, -0.25) is 0 Å². The van der Waals surface area contributed by atoms with Gasteiger partial charge in [-0.1, -0.05) is 24.8 Å². The molecule has 5 heteroatoms. The molecule has 156 valence electrons. The van der Waals surface area contributed by atoms with E-state index in [1.165, 1.54) is 0 Å². The molecule has 1 aromatic carbocycles. The standard InChI is InChI=1S/C24H31NO4/c1-7-11-12-13-25-19-15-20-18(14-21(19)28-16(5)6)22(24(26)27-10-4)23(29-20)17(8-2)9-3/h7-9,14-16,25H,1-2,10-13H2,3-6H3/b17-9+. The molecule has 0 radical (unpaired) electrons. The van der Waals surface area contributed by atoms with Crippen LogP contribution in [0.25, 0.3) is 16.5 Å². The van der Waals surface area contributed by atoms with Gasteiger partial charge in [0.05, 0.1) is 18.4 Å². The van der Waals surface area contributed by atoms with Gasteiger partial charge in [-0.25, -0.2) is 4.79 Å². The second kappa shape index (κ2) is 10.6. The van der Waals surface area contributed by atoms with Crippen LogP contribution in [0.4, 0.5) is 5.69 Å². The zero-order chi connectivity index (χ0) is 21.4. The summed E-state index contributed by atoms with van der Waals surface area (Å²) in [6, 6.07) is 3.73. The number of carbonyl (C=O) groups is 1. The first kappa shape index (κ1) is 22.3. The van der Waals surface area contributed by atoms with Gasteiger partial charge in [0.1, 0.15) is 22.7 Å². The summed E-state index contributed by atoms with van der Waals surface area (Å²) in [6.45, 7) is 16.2. The van der Waals surface area contributed by atoms with Crippen LogP contribution in [0.3, 0.4) is 0 Å². The van der Waals surface area contributed by atoms with E-state index in [1.807, 2.05) is 45.1 Å². The van der Waals surface area contributed by atoms with Crippen molar-refractivity contribution in [2.45, 2.75) is 46.6 Å². The second-order valence-corrected chi connectivity index (χ2v) is 6.84. The SMILES string of the molecule is C=CCCCNc1cc2oc(/C(C=C)=C/C)c(C(=O)OCC)c2cc1OC(C)C. The summed E-state index contributed by atoms with van der Waals surface area (Å²) in [5, 5.41) is 4.06. The number of benzene rings is 1. The van der Waals surface area contributed by atoms with Gasteiger partial charge >= 0.3 is 5.97 Å². The number of hydrogen-bond acceptors (Lipinski definition) is 5. The van der Waals surface area contributed by atoms with Crippen LogP contribution in [0.1, 0.15) is 56.7 Å². The van der Waals surface area contributed by atoms with E-state index in [0.29, 0.717) is 28.0 Å². The monoisotopic (exact) mass is 397 g/mol. The van der Waals surface area contributed by atoms with Gasteiger partial charge in [-0.15, -0.1) is 6.58 Å². The number of anilines is 1. The first-order valence-corrected chi connectivity index (χ1v) is 10.0. The number of allylic oxidation sites excluding steroid dienone is 4. The first-order chi connectivity index (χ1) is 14.0. The normalized spacial score (nSPS) is 11.6. The third-order valence-corrected chi connectivity index (χ3v) is 4.33. The number of rotatable bonds is 11. The van der Waals surface area contributed by atoms with Crippen LogP contribution in [-0.2, 0) is 4.74 Å². The highest BCUT2D eigenvalue weighted by Crippen LogP contribution is 2.38. The number of nitrogens with one attached hydrogen (secondary N) is 1. The van der Waals surface area contributed by atoms with Gasteiger partial charge in [-0.2, -0.15) is 0 Å². The molecule has 0 unspecified atom stereocenters. The molecule has 0 aliphatic heterocycles. The minimum Gasteiger partial charge on any atom is -0.489 e. The third kappa shape index (κ3) is 5.31. The minimum atomic E-state index is -0.426. The lowest BCUT2D eigenvalue weighted by molar-refractivity contribution is 0.0527. The fourth-order valence-electron chi connectivity index (χ4n) is 3.03. The Kier molecular flexibility index (Phi) is 8.13. The van der Waals surface area contributed by atoms with Crippen LogP contribution in [0.15, 0.2) is 47.9 Å². The van der Waals surface area contributed by atoms with Crippen molar-refractivity contribution in [2.24, 2.45) is 0 Å². The Balaban J connectivity index is 2.64. The van der Waals surface area contributed by atoms with E-state index >= 15 is 0 Å². The van der Waals surface area contributed by atoms with Crippen LogP contribution < -0.4 is 10.1 Å². The van der Waals surface area contributed by atoms with Gasteiger partial charge in [-0.05, 0) is 46.6 Å². The molecular formula is C24H31NO4. The summed E-state index contributed by atoms with van der Waals surface area (Å²) in [7, 11) is 0. The van der Waals surface area contributed by atoms with Crippen molar-refractivity contribution < 1.29 is 18.7 Å². The Hall–Kier alpha value is -2.95. The molecule has 0 spiro atoms. The Bertz CT molecular complexity index is 905. The highest BCUT2D eigenvalue weighted by atomic mass is 16.5. The molecule has 1 heterocycles. The number of hydrogen-bond donors (Lipinski definition) is 1. The molecule has 0 atom stereocenters. The summed E-state index contributed by atoms with van der Waals surface area (Å²) in [4.78, 5) is 12.7. The van der Waals surface area contributed by atoms with Crippen molar-refractivity contribution in [3.8, 4) is 5.75 Å². The largest absolute Gasteiger partial charge is 0.489 e. The lowest BCUT2D eigenvalue weighted by Crippen LogP contribution is -2.10. The highest BCUT2D eigenvalue weighted by molar-refractivity contribution is 6.09. The smallest absolute Gasteiger partial charge is 0.342 e. The zero-order valence-electron chi connectivity index (χ0n) is 17.8. The number of carbonyl (C=O) groups excluding carboxylic acids is 1. The average molecular weight is 398 g/mol. The third-order valence-electron chi connectivity index (χ3n) is 4.33. The first-order valence-electron chi connectivity index (χ1n) is 10.0. The molecule has 29 heavy (non-hydrogen) atoms. The van der Waals surface area contributed by atoms with Gasteiger partial charge in [0.15, 0.2) is 0 Å². The summed E-state index contributed by atoms with van der Waals surface area (Å²) in [5.41, 5.74) is 2.54. The van der Waals surface area contributed by atoms with Crippen LogP contribution in [0.2, 0.25) is 0 Å². The molecule has 0 amide bonds. The number of furan rings is 1. The summed E-state index contributed by atoms with van der Waals surface area (Å²) in [5.74, 6) is 0.699.